The monoisotopic (exact) mass is 370 g/mol. The molecule has 140 valence electrons. The van der Waals surface area contributed by atoms with E-state index in [1.165, 1.54) is 5.56 Å². The van der Waals surface area contributed by atoms with Crippen LogP contribution in [0.3, 0.4) is 0 Å². The zero-order valence-corrected chi connectivity index (χ0v) is 15.8. The van der Waals surface area contributed by atoms with Gasteiger partial charge >= 0.3 is 0 Å². The van der Waals surface area contributed by atoms with Crippen molar-refractivity contribution in [1.82, 2.24) is 9.55 Å². The second-order valence-electron chi connectivity index (χ2n) is 6.41. The molecule has 0 aliphatic carbocycles. The molecule has 0 N–H and O–H groups in total. The number of aromatic nitrogens is 2. The number of rotatable bonds is 7. The number of ether oxygens (including phenoxy) is 2. The smallest absolute Gasteiger partial charge is 0.148 e. The molecule has 0 unspecified atom stereocenters. The molecule has 0 radical (unpaired) electrons. The molecule has 3 aromatic carbocycles. The summed E-state index contributed by atoms with van der Waals surface area (Å²) in [4.78, 5) is 4.77. The predicted octanol–water partition coefficient (Wildman–Crippen LogP) is 5.34. The Morgan fingerprint density at radius 1 is 0.893 bits per heavy atom. The highest BCUT2D eigenvalue weighted by atomic mass is 16.5. The lowest BCUT2D eigenvalue weighted by Crippen LogP contribution is -2.06. The molecule has 1 aromatic heterocycles. The number of nitrogens with zero attached hydrogens (tertiary/aromatic N) is 2. The molecule has 0 aliphatic rings. The van der Waals surface area contributed by atoms with Crippen molar-refractivity contribution in [3.8, 4) is 11.5 Å². The minimum atomic E-state index is 0.390. The molecular weight excluding hydrogens is 348 g/mol. The van der Waals surface area contributed by atoms with Gasteiger partial charge in [-0.25, -0.2) is 4.98 Å². The second kappa shape index (κ2) is 8.44. The lowest BCUT2D eigenvalue weighted by atomic mass is 10.2. The molecule has 1 heterocycles. The van der Waals surface area contributed by atoms with Crippen LogP contribution in [0.2, 0.25) is 0 Å². The largest absolute Gasteiger partial charge is 0.497 e. The number of fused-ring (bicyclic) bond motifs is 1. The first kappa shape index (κ1) is 17.9. The molecule has 0 bridgehead atoms. The van der Waals surface area contributed by atoms with Crippen LogP contribution in [-0.2, 0) is 13.2 Å². The van der Waals surface area contributed by atoms with Gasteiger partial charge in [0.05, 0.1) is 18.1 Å². The fourth-order valence-corrected chi connectivity index (χ4v) is 3.14. The number of allylic oxidation sites excluding steroid dienone is 1. The summed E-state index contributed by atoms with van der Waals surface area (Å²) in [6.07, 6.45) is 4.28. The highest BCUT2D eigenvalue weighted by Gasteiger charge is 2.10. The zero-order valence-electron chi connectivity index (χ0n) is 15.8. The minimum Gasteiger partial charge on any atom is -0.497 e. The molecule has 0 atom stereocenters. The molecule has 0 spiro atoms. The number of imidazole rings is 1. The summed E-state index contributed by atoms with van der Waals surface area (Å²) in [6, 6.07) is 26.1. The standard InChI is InChI=1S/C24H22N2O2/c1-27-20-12-7-13-21(17-20)28-18-24-25-22-14-5-6-15-23(22)26(24)16-8-11-19-9-3-2-4-10-19/h2-15,17H,16,18H2,1H3/b11-8+. The van der Waals surface area contributed by atoms with Crippen LogP contribution in [0.1, 0.15) is 11.4 Å². The normalized spacial score (nSPS) is 11.2. The van der Waals surface area contributed by atoms with Gasteiger partial charge in [-0.2, -0.15) is 0 Å². The molecule has 4 nitrogen and oxygen atoms in total. The summed E-state index contributed by atoms with van der Waals surface area (Å²) in [5.41, 5.74) is 3.26. The van der Waals surface area contributed by atoms with Crippen LogP contribution in [0.15, 0.2) is 84.9 Å². The van der Waals surface area contributed by atoms with E-state index in [1.54, 1.807) is 7.11 Å². The lowest BCUT2D eigenvalue weighted by molar-refractivity contribution is 0.289. The van der Waals surface area contributed by atoms with Crippen molar-refractivity contribution < 1.29 is 9.47 Å². The molecular formula is C24H22N2O2. The molecule has 0 saturated heterocycles. The van der Waals surface area contributed by atoms with Crippen molar-refractivity contribution in [1.29, 1.82) is 0 Å². The Bertz CT molecular complexity index is 1080. The van der Waals surface area contributed by atoms with Gasteiger partial charge in [0.1, 0.15) is 23.9 Å². The molecule has 0 saturated carbocycles. The topological polar surface area (TPSA) is 36.3 Å². The number of hydrogen-bond acceptors (Lipinski definition) is 3. The van der Waals surface area contributed by atoms with Crippen LogP contribution in [0.4, 0.5) is 0 Å². The highest BCUT2D eigenvalue weighted by molar-refractivity contribution is 5.76. The summed E-state index contributed by atoms with van der Waals surface area (Å²) >= 11 is 0. The van der Waals surface area contributed by atoms with Crippen molar-refractivity contribution in [2.75, 3.05) is 7.11 Å². The van der Waals surface area contributed by atoms with Gasteiger partial charge in [0, 0.05) is 12.6 Å². The summed E-state index contributed by atoms with van der Waals surface area (Å²) in [7, 11) is 1.65. The van der Waals surface area contributed by atoms with E-state index in [4.69, 9.17) is 14.5 Å². The SMILES string of the molecule is COc1cccc(OCc2nc3ccccc3n2C/C=C/c2ccccc2)c1. The van der Waals surface area contributed by atoms with E-state index in [-0.39, 0.29) is 0 Å². The summed E-state index contributed by atoms with van der Waals surface area (Å²) < 4.78 is 13.4. The van der Waals surface area contributed by atoms with Gasteiger partial charge in [0.25, 0.3) is 0 Å². The van der Waals surface area contributed by atoms with E-state index in [1.807, 2.05) is 60.7 Å². The lowest BCUT2D eigenvalue weighted by Gasteiger charge is -2.09. The number of hydrogen-bond donors (Lipinski definition) is 0. The van der Waals surface area contributed by atoms with Crippen LogP contribution in [-0.4, -0.2) is 16.7 Å². The Balaban J connectivity index is 1.57. The Morgan fingerprint density at radius 3 is 2.54 bits per heavy atom. The van der Waals surface area contributed by atoms with Crippen LogP contribution in [0.5, 0.6) is 11.5 Å². The van der Waals surface area contributed by atoms with Gasteiger partial charge in [-0.1, -0.05) is 60.7 Å². The Kier molecular flexibility index (Phi) is 5.38. The third-order valence-electron chi connectivity index (χ3n) is 4.54. The van der Waals surface area contributed by atoms with Crippen molar-refractivity contribution in [3.05, 3.63) is 96.3 Å². The predicted molar refractivity (Wildman–Crippen MR) is 113 cm³/mol. The number of para-hydroxylation sites is 2. The van der Waals surface area contributed by atoms with E-state index in [2.05, 4.69) is 34.9 Å². The van der Waals surface area contributed by atoms with Crippen LogP contribution in [0, 0.1) is 0 Å². The number of methoxy groups -OCH3 is 1. The average molecular weight is 370 g/mol. The fourth-order valence-electron chi connectivity index (χ4n) is 3.14. The molecule has 28 heavy (non-hydrogen) atoms. The van der Waals surface area contributed by atoms with Gasteiger partial charge in [-0.15, -0.1) is 0 Å². The maximum Gasteiger partial charge on any atom is 0.148 e. The molecule has 0 aliphatic heterocycles. The van der Waals surface area contributed by atoms with Gasteiger partial charge in [-0.3, -0.25) is 0 Å². The second-order valence-corrected chi connectivity index (χ2v) is 6.41. The van der Waals surface area contributed by atoms with Gasteiger partial charge in [0.2, 0.25) is 0 Å². The van der Waals surface area contributed by atoms with Crippen LogP contribution in [0.25, 0.3) is 17.1 Å². The molecule has 4 aromatic rings. The van der Waals surface area contributed by atoms with Gasteiger partial charge in [-0.05, 0) is 29.8 Å². The van der Waals surface area contributed by atoms with E-state index in [0.717, 1.165) is 34.9 Å². The van der Waals surface area contributed by atoms with E-state index in [9.17, 15) is 0 Å². The van der Waals surface area contributed by atoms with Crippen molar-refractivity contribution >= 4 is 17.1 Å². The minimum absolute atomic E-state index is 0.390. The quantitative estimate of drug-likeness (QED) is 0.441. The fraction of sp³-hybridized carbons (Fsp3) is 0.125. The zero-order chi connectivity index (χ0) is 19.2. The van der Waals surface area contributed by atoms with E-state index < -0.39 is 0 Å². The molecule has 0 fully saturated rings. The number of benzene rings is 3. The van der Waals surface area contributed by atoms with Gasteiger partial charge < -0.3 is 14.0 Å². The first-order valence-electron chi connectivity index (χ1n) is 9.26. The third kappa shape index (κ3) is 4.07. The maximum atomic E-state index is 5.98. The maximum absolute atomic E-state index is 5.98. The highest BCUT2D eigenvalue weighted by Crippen LogP contribution is 2.22. The van der Waals surface area contributed by atoms with Crippen molar-refractivity contribution in [2.24, 2.45) is 0 Å². The average Bonchev–Trinajstić information content (AvgIpc) is 3.11. The summed E-state index contributed by atoms with van der Waals surface area (Å²) in [5, 5.41) is 0. The third-order valence-corrected chi connectivity index (χ3v) is 4.54. The molecule has 4 heteroatoms. The summed E-state index contributed by atoms with van der Waals surface area (Å²) in [6.45, 7) is 1.12. The molecule has 4 rings (SSSR count). The van der Waals surface area contributed by atoms with Crippen molar-refractivity contribution in [2.45, 2.75) is 13.2 Å². The van der Waals surface area contributed by atoms with Crippen LogP contribution < -0.4 is 9.47 Å². The Morgan fingerprint density at radius 2 is 1.68 bits per heavy atom. The summed E-state index contributed by atoms with van der Waals surface area (Å²) in [5.74, 6) is 2.43. The first-order chi connectivity index (χ1) is 13.8. The van der Waals surface area contributed by atoms with E-state index >= 15 is 0 Å². The van der Waals surface area contributed by atoms with Crippen molar-refractivity contribution in [3.63, 3.8) is 0 Å². The Labute approximate surface area is 164 Å². The van der Waals surface area contributed by atoms with Crippen LogP contribution >= 0.6 is 0 Å². The first-order valence-corrected chi connectivity index (χ1v) is 9.26. The molecule has 0 amide bonds. The van der Waals surface area contributed by atoms with E-state index in [0.29, 0.717) is 6.61 Å². The Hall–Kier alpha value is -3.53. The van der Waals surface area contributed by atoms with Gasteiger partial charge in [0.15, 0.2) is 0 Å².